The van der Waals surface area contributed by atoms with Gasteiger partial charge in [-0.05, 0) is 43.0 Å². The van der Waals surface area contributed by atoms with Gasteiger partial charge < -0.3 is 10.1 Å². The molecule has 2 N–H and O–H groups in total. The molecule has 0 radical (unpaired) electrons. The molecule has 2 aromatic carbocycles. The van der Waals surface area contributed by atoms with Gasteiger partial charge in [0.25, 0.3) is 0 Å². The highest BCUT2D eigenvalue weighted by Crippen LogP contribution is 2.14. The lowest BCUT2D eigenvalue weighted by Gasteiger charge is -2.12. The summed E-state index contributed by atoms with van der Waals surface area (Å²) in [4.78, 5) is 0.290. The molecule has 0 spiro atoms. The number of nitrogens with one attached hydrogen (secondary N) is 2. The number of ether oxygens (including phenoxy) is 1. The third-order valence-corrected chi connectivity index (χ3v) is 5.98. The normalized spacial score (nSPS) is 17.5. The molecule has 0 aromatic heterocycles. The maximum Gasteiger partial charge on any atom is 0.240 e. The van der Waals surface area contributed by atoms with E-state index in [-0.39, 0.29) is 11.0 Å². The van der Waals surface area contributed by atoms with Crippen LogP contribution in [0.4, 0.5) is 0 Å². The van der Waals surface area contributed by atoms with Gasteiger partial charge >= 0.3 is 0 Å². The van der Waals surface area contributed by atoms with Crippen LogP contribution in [0.2, 0.25) is 0 Å². The predicted molar refractivity (Wildman–Crippen MR) is 102 cm³/mol. The Labute approximate surface area is 155 Å². The van der Waals surface area contributed by atoms with E-state index in [0.717, 1.165) is 31.6 Å². The molecule has 0 aliphatic carbocycles. The molecule has 1 unspecified atom stereocenters. The lowest BCUT2D eigenvalue weighted by Crippen LogP contribution is -2.31. The molecule has 1 atom stereocenters. The van der Waals surface area contributed by atoms with Crippen molar-refractivity contribution in [1.29, 1.82) is 0 Å². The fourth-order valence-corrected chi connectivity index (χ4v) is 4.00. The number of hydrogen-bond acceptors (Lipinski definition) is 4. The third-order valence-electron chi connectivity index (χ3n) is 4.54. The van der Waals surface area contributed by atoms with Crippen molar-refractivity contribution in [3.63, 3.8) is 0 Å². The quantitative estimate of drug-likeness (QED) is 0.746. The Balaban J connectivity index is 1.49. The first-order valence-electron chi connectivity index (χ1n) is 8.99. The van der Waals surface area contributed by atoms with E-state index in [9.17, 15) is 8.42 Å². The van der Waals surface area contributed by atoms with E-state index in [2.05, 4.69) is 41.2 Å². The van der Waals surface area contributed by atoms with E-state index in [0.29, 0.717) is 13.1 Å². The zero-order valence-electron chi connectivity index (χ0n) is 15.1. The first-order valence-corrected chi connectivity index (χ1v) is 10.5. The van der Waals surface area contributed by atoms with Crippen LogP contribution in [0, 0.1) is 6.92 Å². The van der Waals surface area contributed by atoms with Gasteiger partial charge in [0, 0.05) is 26.2 Å². The Morgan fingerprint density at radius 3 is 2.19 bits per heavy atom. The third kappa shape index (κ3) is 5.38. The molecule has 1 saturated heterocycles. The largest absolute Gasteiger partial charge is 0.377 e. The van der Waals surface area contributed by atoms with Gasteiger partial charge in [-0.2, -0.15) is 0 Å². The second-order valence-electron chi connectivity index (χ2n) is 6.72. The summed E-state index contributed by atoms with van der Waals surface area (Å²) in [5.41, 5.74) is 3.53. The Morgan fingerprint density at radius 1 is 1.00 bits per heavy atom. The molecule has 3 rings (SSSR count). The molecule has 0 amide bonds. The highest BCUT2D eigenvalue weighted by Gasteiger charge is 2.20. The first kappa shape index (κ1) is 19.0. The number of aryl methyl sites for hydroxylation is 1. The van der Waals surface area contributed by atoms with Gasteiger partial charge in [-0.15, -0.1) is 0 Å². The fourth-order valence-electron chi connectivity index (χ4n) is 2.93. The molecule has 1 aliphatic heterocycles. The molecule has 0 bridgehead atoms. The average Bonchev–Trinajstić information content (AvgIpc) is 3.16. The molecule has 1 fully saturated rings. The topological polar surface area (TPSA) is 67.4 Å². The van der Waals surface area contributed by atoms with Crippen LogP contribution in [0.5, 0.6) is 0 Å². The maximum absolute atomic E-state index is 12.3. The Morgan fingerprint density at radius 2 is 1.62 bits per heavy atom. The molecule has 0 saturated carbocycles. The second kappa shape index (κ2) is 8.77. The summed E-state index contributed by atoms with van der Waals surface area (Å²) in [6.45, 7) is 4.60. The molecule has 2 aromatic rings. The van der Waals surface area contributed by atoms with Crippen molar-refractivity contribution >= 4 is 10.0 Å². The van der Waals surface area contributed by atoms with Crippen molar-refractivity contribution < 1.29 is 13.2 Å². The van der Waals surface area contributed by atoms with Gasteiger partial charge in [-0.1, -0.05) is 42.0 Å². The van der Waals surface area contributed by atoms with Crippen LogP contribution in [-0.4, -0.2) is 27.7 Å². The van der Waals surface area contributed by atoms with Crippen LogP contribution in [0.1, 0.15) is 29.5 Å². The summed E-state index contributed by atoms with van der Waals surface area (Å²) >= 11 is 0. The minimum absolute atomic E-state index is 0.00461. The van der Waals surface area contributed by atoms with Crippen molar-refractivity contribution in [1.82, 2.24) is 10.0 Å². The van der Waals surface area contributed by atoms with Crippen molar-refractivity contribution in [2.45, 2.75) is 43.9 Å². The maximum atomic E-state index is 12.3. The summed E-state index contributed by atoms with van der Waals surface area (Å²) in [7, 11) is -3.48. The molecule has 1 aliphatic rings. The summed E-state index contributed by atoms with van der Waals surface area (Å²) in [5.74, 6) is 0. The van der Waals surface area contributed by atoms with Gasteiger partial charge in [0.05, 0.1) is 11.0 Å². The molecular formula is C20H26N2O3S. The zero-order chi connectivity index (χ0) is 18.4. The lowest BCUT2D eigenvalue weighted by atomic mass is 10.1. The molecule has 5 nitrogen and oxygen atoms in total. The Hall–Kier alpha value is -1.73. The average molecular weight is 375 g/mol. The van der Waals surface area contributed by atoms with E-state index in [1.54, 1.807) is 12.1 Å². The van der Waals surface area contributed by atoms with Crippen molar-refractivity contribution in [2.24, 2.45) is 0 Å². The molecule has 26 heavy (non-hydrogen) atoms. The summed E-state index contributed by atoms with van der Waals surface area (Å²) < 4.78 is 32.8. The van der Waals surface area contributed by atoms with Gasteiger partial charge in [0.1, 0.15) is 0 Å². The van der Waals surface area contributed by atoms with Crippen LogP contribution in [-0.2, 0) is 27.8 Å². The smallest absolute Gasteiger partial charge is 0.240 e. The van der Waals surface area contributed by atoms with Gasteiger partial charge in [-0.3, -0.25) is 0 Å². The van der Waals surface area contributed by atoms with Crippen LogP contribution < -0.4 is 10.0 Å². The molecule has 1 heterocycles. The monoisotopic (exact) mass is 374 g/mol. The Kier molecular flexibility index (Phi) is 6.43. The number of hydrogen-bond donors (Lipinski definition) is 2. The second-order valence-corrected chi connectivity index (χ2v) is 8.49. The highest BCUT2D eigenvalue weighted by atomic mass is 32.2. The fraction of sp³-hybridized carbons (Fsp3) is 0.400. The summed E-state index contributed by atoms with van der Waals surface area (Å²) in [6, 6.07) is 15.4. The van der Waals surface area contributed by atoms with E-state index in [1.165, 1.54) is 11.1 Å². The lowest BCUT2D eigenvalue weighted by molar-refractivity contribution is 0.114. The van der Waals surface area contributed by atoms with E-state index in [1.807, 2.05) is 12.1 Å². The molecular weight excluding hydrogens is 348 g/mol. The molecule has 6 heteroatoms. The minimum Gasteiger partial charge on any atom is -0.377 e. The summed E-state index contributed by atoms with van der Waals surface area (Å²) in [5, 5.41) is 3.38. The highest BCUT2D eigenvalue weighted by molar-refractivity contribution is 7.89. The first-order chi connectivity index (χ1) is 12.5. The van der Waals surface area contributed by atoms with E-state index in [4.69, 9.17) is 4.74 Å². The van der Waals surface area contributed by atoms with E-state index >= 15 is 0 Å². The van der Waals surface area contributed by atoms with Gasteiger partial charge in [0.2, 0.25) is 10.0 Å². The van der Waals surface area contributed by atoms with Gasteiger partial charge in [-0.25, -0.2) is 13.1 Å². The standard InChI is InChI=1S/C20H26N2O3S/c1-16-4-6-17(7-5-16)13-21-14-18-8-10-20(11-9-18)26(23,24)22-15-19-3-2-12-25-19/h4-11,19,21-22H,2-3,12-15H2,1H3. The van der Waals surface area contributed by atoms with Crippen molar-refractivity contribution in [3.8, 4) is 0 Å². The SMILES string of the molecule is Cc1ccc(CNCc2ccc(S(=O)(=O)NCC3CCCO3)cc2)cc1. The minimum atomic E-state index is -3.48. The van der Waals surface area contributed by atoms with Crippen molar-refractivity contribution in [2.75, 3.05) is 13.2 Å². The van der Waals surface area contributed by atoms with E-state index < -0.39 is 10.0 Å². The van der Waals surface area contributed by atoms with Crippen LogP contribution in [0.25, 0.3) is 0 Å². The number of rotatable bonds is 8. The Bertz CT molecular complexity index is 796. The molecule has 140 valence electrons. The van der Waals surface area contributed by atoms with Crippen LogP contribution >= 0.6 is 0 Å². The predicted octanol–water partition coefficient (Wildman–Crippen LogP) is 2.74. The van der Waals surface area contributed by atoms with Crippen LogP contribution in [0.15, 0.2) is 53.4 Å². The van der Waals surface area contributed by atoms with Gasteiger partial charge in [0.15, 0.2) is 0 Å². The number of sulfonamides is 1. The van der Waals surface area contributed by atoms with Crippen molar-refractivity contribution in [3.05, 3.63) is 65.2 Å². The number of benzene rings is 2. The zero-order valence-corrected chi connectivity index (χ0v) is 15.9. The van der Waals surface area contributed by atoms with Crippen LogP contribution in [0.3, 0.4) is 0 Å². The summed E-state index contributed by atoms with van der Waals surface area (Å²) in [6.07, 6.45) is 1.90.